The molecule has 2 aromatic rings. The molecule has 0 aromatic heterocycles. The molecule has 2 aliphatic heterocycles. The lowest BCUT2D eigenvalue weighted by Crippen LogP contribution is -2.67. The number of ether oxygens (including phenoxy) is 9. The summed E-state index contributed by atoms with van der Waals surface area (Å²) in [6, 6.07) is 17.1. The van der Waals surface area contributed by atoms with Crippen LogP contribution in [0.1, 0.15) is 114 Å². The molecule has 0 bridgehead atoms. The fourth-order valence-corrected chi connectivity index (χ4v) is 7.23. The number of aliphatic hydroxyl groups is 1. The molecule has 0 unspecified atom stereocenters. The number of carbonyl (C=O) groups excluding carboxylic acids is 6. The second-order valence-corrected chi connectivity index (χ2v) is 23.1. The molecule has 16 nitrogen and oxygen atoms in total. The molecule has 0 aliphatic carbocycles. The maximum absolute atomic E-state index is 14.1. The molecule has 4 rings (SSSR count). The van der Waals surface area contributed by atoms with Crippen LogP contribution in [-0.2, 0) is 66.6 Å². The molecular formula is C50H70O16S. The van der Waals surface area contributed by atoms with Crippen molar-refractivity contribution in [3.05, 3.63) is 66.2 Å². The second-order valence-electron chi connectivity index (χ2n) is 21.9. The summed E-state index contributed by atoms with van der Waals surface area (Å²) in [5.74, 6) is -4.41. The van der Waals surface area contributed by atoms with E-state index in [1.54, 1.807) is 134 Å². The van der Waals surface area contributed by atoms with Gasteiger partial charge in [0.15, 0.2) is 30.7 Å². The van der Waals surface area contributed by atoms with Crippen molar-refractivity contribution in [1.29, 1.82) is 0 Å². The van der Waals surface area contributed by atoms with Gasteiger partial charge in [0, 0.05) is 4.90 Å². The number of hydrogen-bond acceptors (Lipinski definition) is 17. The minimum Gasteiger partial charge on any atom is -0.462 e. The first-order valence-electron chi connectivity index (χ1n) is 22.4. The lowest BCUT2D eigenvalue weighted by atomic mass is 9.93. The molecule has 0 amide bonds. The highest BCUT2D eigenvalue weighted by Crippen LogP contribution is 2.41. The second kappa shape index (κ2) is 21.8. The van der Waals surface area contributed by atoms with Crippen LogP contribution in [0.4, 0.5) is 0 Å². The highest BCUT2D eigenvalue weighted by atomic mass is 32.2. The van der Waals surface area contributed by atoms with E-state index in [0.717, 1.165) is 11.8 Å². The Morgan fingerprint density at radius 1 is 0.493 bits per heavy atom. The first-order valence-corrected chi connectivity index (χ1v) is 23.3. The van der Waals surface area contributed by atoms with Gasteiger partial charge in [-0.1, -0.05) is 48.2 Å². The quantitative estimate of drug-likeness (QED) is 0.155. The zero-order chi connectivity index (χ0) is 50.4. The molecule has 0 radical (unpaired) electrons. The Morgan fingerprint density at radius 2 is 0.910 bits per heavy atom. The third kappa shape index (κ3) is 15.2. The topological polar surface area (TPSA) is 206 Å². The van der Waals surface area contributed by atoms with Crippen LogP contribution in [0.25, 0.3) is 0 Å². The third-order valence-corrected chi connectivity index (χ3v) is 11.5. The molecule has 1 N–H and O–H groups in total. The van der Waals surface area contributed by atoms with E-state index in [9.17, 15) is 33.9 Å². The fourth-order valence-electron chi connectivity index (χ4n) is 6.11. The zero-order valence-electron chi connectivity index (χ0n) is 41.4. The summed E-state index contributed by atoms with van der Waals surface area (Å²) in [4.78, 5) is 82.9. The van der Waals surface area contributed by atoms with Crippen molar-refractivity contribution in [1.82, 2.24) is 0 Å². The summed E-state index contributed by atoms with van der Waals surface area (Å²) >= 11 is 1.16. The first-order chi connectivity index (χ1) is 30.8. The molecule has 0 saturated carbocycles. The van der Waals surface area contributed by atoms with Crippen LogP contribution in [0.5, 0.6) is 0 Å². The minimum atomic E-state index is -1.84. The van der Waals surface area contributed by atoms with E-state index >= 15 is 0 Å². The van der Waals surface area contributed by atoms with Crippen molar-refractivity contribution in [3.8, 4) is 0 Å². The van der Waals surface area contributed by atoms with Crippen molar-refractivity contribution >= 4 is 47.6 Å². The van der Waals surface area contributed by atoms with Gasteiger partial charge in [0.1, 0.15) is 43.1 Å². The number of esters is 6. The lowest BCUT2D eigenvalue weighted by Gasteiger charge is -2.49. The van der Waals surface area contributed by atoms with E-state index in [1.807, 2.05) is 18.2 Å². The Labute approximate surface area is 398 Å². The summed E-state index contributed by atoms with van der Waals surface area (Å²) in [6.07, 6.45) is -14.5. The van der Waals surface area contributed by atoms with Gasteiger partial charge in [-0.25, -0.2) is 4.79 Å². The molecule has 67 heavy (non-hydrogen) atoms. The Balaban J connectivity index is 1.97. The van der Waals surface area contributed by atoms with Gasteiger partial charge in [-0.3, -0.25) is 24.0 Å². The van der Waals surface area contributed by atoms with Crippen LogP contribution in [0.2, 0.25) is 0 Å². The highest BCUT2D eigenvalue weighted by molar-refractivity contribution is 7.99. The first kappa shape index (κ1) is 55.0. The fraction of sp³-hybridized carbons (Fsp3) is 0.640. The average Bonchev–Trinajstić information content (AvgIpc) is 3.22. The molecular weight excluding hydrogens is 889 g/mol. The lowest BCUT2D eigenvalue weighted by molar-refractivity contribution is -0.342. The number of thioether (sulfide) groups is 1. The van der Waals surface area contributed by atoms with E-state index in [1.165, 1.54) is 12.1 Å². The Hall–Kier alpha value is -4.55. The van der Waals surface area contributed by atoms with Crippen molar-refractivity contribution in [2.24, 2.45) is 27.1 Å². The zero-order valence-corrected chi connectivity index (χ0v) is 42.3. The molecule has 2 aromatic carbocycles. The summed E-state index contributed by atoms with van der Waals surface area (Å²) in [5.41, 5.74) is -6.40. The normalized spacial score (nSPS) is 26.1. The minimum absolute atomic E-state index is 0.197. The number of hydrogen-bond donors (Lipinski definition) is 1. The predicted molar refractivity (Wildman–Crippen MR) is 245 cm³/mol. The van der Waals surface area contributed by atoms with Gasteiger partial charge < -0.3 is 47.7 Å². The molecule has 10 atom stereocenters. The molecule has 2 heterocycles. The number of aliphatic hydroxyl groups excluding tert-OH is 1. The summed E-state index contributed by atoms with van der Waals surface area (Å²) in [6.45, 7) is 23.2. The van der Waals surface area contributed by atoms with E-state index in [0.29, 0.717) is 4.90 Å². The summed E-state index contributed by atoms with van der Waals surface area (Å²) in [7, 11) is 0. The van der Waals surface area contributed by atoms with Gasteiger partial charge in [-0.2, -0.15) is 0 Å². The van der Waals surface area contributed by atoms with Crippen molar-refractivity contribution < 1.29 is 76.5 Å². The Morgan fingerprint density at radius 3 is 1.39 bits per heavy atom. The van der Waals surface area contributed by atoms with Gasteiger partial charge in [-0.05, 0) is 128 Å². The van der Waals surface area contributed by atoms with Gasteiger partial charge in [0.2, 0.25) is 0 Å². The maximum atomic E-state index is 14.1. The molecule has 17 heteroatoms. The van der Waals surface area contributed by atoms with Crippen LogP contribution in [0.15, 0.2) is 65.6 Å². The highest BCUT2D eigenvalue weighted by Gasteiger charge is 2.58. The van der Waals surface area contributed by atoms with Gasteiger partial charge in [-0.15, -0.1) is 0 Å². The molecule has 2 fully saturated rings. The van der Waals surface area contributed by atoms with Crippen molar-refractivity contribution in [2.45, 2.75) is 169 Å². The SMILES string of the molecule is CC(C)(C)C(=O)OC[C@H]1O[C@@H](Sc2ccccc2)[C@H](OC(=O)C(C)(C)C)[C@@H](OC(=O)C(C)(C)C)[C@@H]1O[C@@H]1O[C@H](COC(=O)c2ccccc2)[C@H](O)[C@H](OC(=O)C(C)(C)C)[C@H]1OC(=O)C(C)(C)C. The summed E-state index contributed by atoms with van der Waals surface area (Å²) < 4.78 is 56.1. The van der Waals surface area contributed by atoms with Crippen LogP contribution in [0.3, 0.4) is 0 Å². The molecule has 2 saturated heterocycles. The van der Waals surface area contributed by atoms with E-state index in [2.05, 4.69) is 0 Å². The molecule has 2 aliphatic rings. The van der Waals surface area contributed by atoms with Crippen molar-refractivity contribution in [2.75, 3.05) is 13.2 Å². The van der Waals surface area contributed by atoms with Crippen LogP contribution in [-0.4, -0.2) is 115 Å². The predicted octanol–water partition coefficient (Wildman–Crippen LogP) is 7.25. The van der Waals surface area contributed by atoms with Gasteiger partial charge in [0.05, 0.1) is 32.6 Å². The summed E-state index contributed by atoms with van der Waals surface area (Å²) in [5, 5.41) is 12.0. The maximum Gasteiger partial charge on any atom is 0.338 e. The molecule has 0 spiro atoms. The number of carbonyl (C=O) groups is 6. The third-order valence-electron chi connectivity index (χ3n) is 10.3. The molecule has 372 valence electrons. The van der Waals surface area contributed by atoms with Crippen molar-refractivity contribution in [3.63, 3.8) is 0 Å². The van der Waals surface area contributed by atoms with E-state index in [-0.39, 0.29) is 5.56 Å². The van der Waals surface area contributed by atoms with Gasteiger partial charge >= 0.3 is 35.8 Å². The van der Waals surface area contributed by atoms with E-state index < -0.39 is 137 Å². The van der Waals surface area contributed by atoms with Gasteiger partial charge in [0.25, 0.3) is 0 Å². The standard InChI is InChI=1S/C50H70O16S/c1-46(2,3)41(53)59-27-31-33(35(64-43(55)48(7,8)9)37(66-45(57)50(13,14)15)40(61-31)67-29-24-20-17-21-25-29)62-39-36(65-44(56)49(10,11)12)34(63-42(54)47(4,5)6)32(51)30(60-39)26-58-38(52)28-22-18-16-19-23-28/h16-25,30-37,39-40,51H,26-27H2,1-15H3/t30-,31-,32+,33-,34+,35+,36-,37-,39+,40+/m1/s1. The monoisotopic (exact) mass is 958 g/mol. The van der Waals surface area contributed by atoms with Crippen LogP contribution in [0, 0.1) is 27.1 Å². The smallest absolute Gasteiger partial charge is 0.338 e. The Bertz CT molecular complexity index is 2020. The number of benzene rings is 2. The average molecular weight is 959 g/mol. The number of rotatable bonds is 13. The Kier molecular flexibility index (Phi) is 17.9. The van der Waals surface area contributed by atoms with Crippen LogP contribution >= 0.6 is 11.8 Å². The van der Waals surface area contributed by atoms with Crippen LogP contribution < -0.4 is 0 Å². The largest absolute Gasteiger partial charge is 0.462 e. The van der Waals surface area contributed by atoms with E-state index in [4.69, 9.17) is 42.6 Å².